The Balaban J connectivity index is 2.70. The largest absolute Gasteiger partial charge is 0.392 e. The summed E-state index contributed by atoms with van der Waals surface area (Å²) < 4.78 is 22.6. The van der Waals surface area contributed by atoms with E-state index in [9.17, 15) is 13.5 Å². The van der Waals surface area contributed by atoms with Crippen LogP contribution in [0.25, 0.3) is 0 Å². The Morgan fingerprint density at radius 2 is 2.11 bits per heavy atom. The average Bonchev–Trinajstić information content (AvgIpc) is 2.35. The van der Waals surface area contributed by atoms with E-state index in [-0.39, 0.29) is 17.0 Å². The molecule has 2 unspecified atom stereocenters. The Morgan fingerprint density at radius 3 is 2.68 bits per heavy atom. The first-order chi connectivity index (χ1) is 8.84. The van der Waals surface area contributed by atoms with Gasteiger partial charge in [0.15, 0.2) is 0 Å². The molecule has 1 aromatic rings. The van der Waals surface area contributed by atoms with Crippen molar-refractivity contribution in [1.82, 2.24) is 5.32 Å². The van der Waals surface area contributed by atoms with Crippen LogP contribution in [0, 0.1) is 0 Å². The number of hydrogen-bond donors (Lipinski definition) is 3. The first-order valence-electron chi connectivity index (χ1n) is 6.38. The van der Waals surface area contributed by atoms with E-state index in [1.54, 1.807) is 12.1 Å². The number of nitrogens with two attached hydrogens (primary N) is 1. The summed E-state index contributed by atoms with van der Waals surface area (Å²) in [7, 11) is -3.68. The number of primary sulfonamides is 1. The van der Waals surface area contributed by atoms with E-state index in [2.05, 4.69) is 5.32 Å². The standard InChI is InChI=1S/C13H22N2O3S/c1-3-5-12(16)9-15-10(2)11-6-4-7-13(8-11)19(14,17)18/h4,6-8,10,12,15-16H,3,5,9H2,1-2H3,(H2,14,17,18). The molecule has 108 valence electrons. The van der Waals surface area contributed by atoms with E-state index in [1.807, 2.05) is 19.9 Å². The molecule has 19 heavy (non-hydrogen) atoms. The zero-order valence-corrected chi connectivity index (χ0v) is 12.2. The van der Waals surface area contributed by atoms with Crippen LogP contribution in [0.2, 0.25) is 0 Å². The molecular weight excluding hydrogens is 264 g/mol. The lowest BCUT2D eigenvalue weighted by Gasteiger charge is -2.17. The Labute approximate surface area is 114 Å². The van der Waals surface area contributed by atoms with Crippen LogP contribution in [0.3, 0.4) is 0 Å². The molecule has 0 saturated carbocycles. The number of rotatable bonds is 7. The fraction of sp³-hybridized carbons (Fsp3) is 0.538. The van der Waals surface area contributed by atoms with Crippen LogP contribution in [0.1, 0.15) is 38.3 Å². The van der Waals surface area contributed by atoms with E-state index >= 15 is 0 Å². The minimum absolute atomic E-state index is 0.0480. The maximum absolute atomic E-state index is 11.3. The van der Waals surface area contributed by atoms with Gasteiger partial charge in [0.05, 0.1) is 11.0 Å². The van der Waals surface area contributed by atoms with Gasteiger partial charge < -0.3 is 10.4 Å². The zero-order valence-electron chi connectivity index (χ0n) is 11.3. The highest BCUT2D eigenvalue weighted by molar-refractivity contribution is 7.89. The van der Waals surface area contributed by atoms with Gasteiger partial charge in [-0.25, -0.2) is 13.6 Å². The van der Waals surface area contributed by atoms with Gasteiger partial charge in [0, 0.05) is 12.6 Å². The quantitative estimate of drug-likeness (QED) is 0.701. The van der Waals surface area contributed by atoms with Crippen LogP contribution in [0.15, 0.2) is 29.2 Å². The molecule has 0 aliphatic heterocycles. The number of hydrogen-bond acceptors (Lipinski definition) is 4. The fourth-order valence-corrected chi connectivity index (χ4v) is 2.40. The third-order valence-corrected chi connectivity index (χ3v) is 3.88. The predicted molar refractivity (Wildman–Crippen MR) is 75.1 cm³/mol. The molecule has 0 aliphatic carbocycles. The molecule has 0 aliphatic rings. The Morgan fingerprint density at radius 1 is 1.42 bits per heavy atom. The van der Waals surface area contributed by atoms with Crippen molar-refractivity contribution in [2.45, 2.75) is 43.7 Å². The summed E-state index contributed by atoms with van der Waals surface area (Å²) in [6.07, 6.45) is 1.29. The summed E-state index contributed by atoms with van der Waals surface area (Å²) in [6.45, 7) is 4.41. The second-order valence-electron chi connectivity index (χ2n) is 4.69. The van der Waals surface area contributed by atoms with Gasteiger partial charge in [-0.3, -0.25) is 0 Å². The van der Waals surface area contributed by atoms with Gasteiger partial charge in [0.1, 0.15) is 0 Å². The summed E-state index contributed by atoms with van der Waals surface area (Å²) in [4.78, 5) is 0.104. The lowest BCUT2D eigenvalue weighted by Crippen LogP contribution is -2.29. The maximum Gasteiger partial charge on any atom is 0.238 e. The number of aliphatic hydroxyl groups is 1. The lowest BCUT2D eigenvalue weighted by atomic mass is 10.1. The monoisotopic (exact) mass is 286 g/mol. The fourth-order valence-electron chi connectivity index (χ4n) is 1.83. The van der Waals surface area contributed by atoms with Gasteiger partial charge in [0.25, 0.3) is 0 Å². The van der Waals surface area contributed by atoms with Crippen molar-refractivity contribution < 1.29 is 13.5 Å². The lowest BCUT2D eigenvalue weighted by molar-refractivity contribution is 0.157. The highest BCUT2D eigenvalue weighted by Gasteiger charge is 2.12. The van der Waals surface area contributed by atoms with Crippen molar-refractivity contribution in [3.63, 3.8) is 0 Å². The van der Waals surface area contributed by atoms with Crippen LogP contribution < -0.4 is 10.5 Å². The molecule has 0 aromatic heterocycles. The number of nitrogens with one attached hydrogen (secondary N) is 1. The van der Waals surface area contributed by atoms with E-state index in [0.29, 0.717) is 6.54 Å². The van der Waals surface area contributed by atoms with Crippen molar-refractivity contribution in [2.24, 2.45) is 5.14 Å². The normalized spacial score (nSPS) is 15.2. The molecule has 0 bridgehead atoms. The van der Waals surface area contributed by atoms with Crippen molar-refractivity contribution in [1.29, 1.82) is 0 Å². The van der Waals surface area contributed by atoms with Crippen LogP contribution in [0.5, 0.6) is 0 Å². The number of sulfonamides is 1. The van der Waals surface area contributed by atoms with Gasteiger partial charge in [0.2, 0.25) is 10.0 Å². The summed E-state index contributed by atoms with van der Waals surface area (Å²) in [5.74, 6) is 0. The van der Waals surface area contributed by atoms with E-state index < -0.39 is 10.0 Å². The minimum Gasteiger partial charge on any atom is -0.392 e. The molecule has 6 heteroatoms. The van der Waals surface area contributed by atoms with Gasteiger partial charge in [-0.15, -0.1) is 0 Å². The third kappa shape index (κ3) is 5.28. The predicted octanol–water partition coefficient (Wildman–Crippen LogP) is 1.15. The molecule has 0 amide bonds. The molecule has 0 fully saturated rings. The Hall–Kier alpha value is -0.950. The molecule has 1 rings (SSSR count). The zero-order chi connectivity index (χ0) is 14.5. The third-order valence-electron chi connectivity index (χ3n) is 2.97. The van der Waals surface area contributed by atoms with Gasteiger partial charge in [-0.05, 0) is 31.0 Å². The van der Waals surface area contributed by atoms with Crippen LogP contribution in [-0.4, -0.2) is 26.2 Å². The van der Waals surface area contributed by atoms with Crippen LogP contribution in [-0.2, 0) is 10.0 Å². The molecule has 4 N–H and O–H groups in total. The highest BCUT2D eigenvalue weighted by Crippen LogP contribution is 2.16. The molecule has 0 spiro atoms. The molecule has 0 saturated heterocycles. The smallest absolute Gasteiger partial charge is 0.238 e. The van der Waals surface area contributed by atoms with Crippen molar-refractivity contribution in [3.05, 3.63) is 29.8 Å². The van der Waals surface area contributed by atoms with Crippen molar-refractivity contribution in [2.75, 3.05) is 6.54 Å². The summed E-state index contributed by atoms with van der Waals surface area (Å²) in [6, 6.07) is 6.47. The molecule has 5 nitrogen and oxygen atoms in total. The maximum atomic E-state index is 11.3. The van der Waals surface area contributed by atoms with Crippen LogP contribution in [0.4, 0.5) is 0 Å². The summed E-state index contributed by atoms with van der Waals surface area (Å²) >= 11 is 0. The van der Waals surface area contributed by atoms with Crippen molar-refractivity contribution in [3.8, 4) is 0 Å². The van der Waals surface area contributed by atoms with Gasteiger partial charge >= 0.3 is 0 Å². The van der Waals surface area contributed by atoms with E-state index in [1.165, 1.54) is 6.07 Å². The molecular formula is C13H22N2O3S. The van der Waals surface area contributed by atoms with E-state index in [4.69, 9.17) is 5.14 Å². The van der Waals surface area contributed by atoms with Crippen molar-refractivity contribution >= 4 is 10.0 Å². The summed E-state index contributed by atoms with van der Waals surface area (Å²) in [5, 5.41) is 17.9. The highest BCUT2D eigenvalue weighted by atomic mass is 32.2. The number of benzene rings is 1. The average molecular weight is 286 g/mol. The molecule has 1 aromatic carbocycles. The van der Waals surface area contributed by atoms with Gasteiger partial charge in [-0.2, -0.15) is 0 Å². The SMILES string of the molecule is CCCC(O)CNC(C)c1cccc(S(N)(=O)=O)c1. The summed E-state index contributed by atoms with van der Waals surface area (Å²) in [5.41, 5.74) is 0.829. The topological polar surface area (TPSA) is 92.4 Å². The molecule has 0 radical (unpaired) electrons. The molecule has 2 atom stereocenters. The Bertz CT molecular complexity index is 502. The first kappa shape index (κ1) is 16.1. The van der Waals surface area contributed by atoms with E-state index in [0.717, 1.165) is 18.4 Å². The van der Waals surface area contributed by atoms with Crippen LogP contribution >= 0.6 is 0 Å². The number of aliphatic hydroxyl groups excluding tert-OH is 1. The minimum atomic E-state index is -3.68. The second kappa shape index (κ2) is 7.00. The molecule has 0 heterocycles. The van der Waals surface area contributed by atoms with Gasteiger partial charge in [-0.1, -0.05) is 25.5 Å². The second-order valence-corrected chi connectivity index (χ2v) is 6.25. The first-order valence-corrected chi connectivity index (χ1v) is 7.93. The Kier molecular flexibility index (Phi) is 5.93.